The van der Waals surface area contributed by atoms with Crippen molar-refractivity contribution in [1.82, 2.24) is 14.7 Å². The minimum atomic E-state index is -4.44. The van der Waals surface area contributed by atoms with Crippen LogP contribution < -0.4 is 19.5 Å². The SMILES string of the molecule is CCC(F)C(O)c1ccccc1S(=O)(=O)NC(=O)Nc1nc(OC)cc(OC)n1. The van der Waals surface area contributed by atoms with Gasteiger partial charge < -0.3 is 14.6 Å². The van der Waals surface area contributed by atoms with Gasteiger partial charge in [0.05, 0.1) is 25.2 Å². The molecule has 0 bridgehead atoms. The molecule has 0 saturated carbocycles. The van der Waals surface area contributed by atoms with Crippen LogP contribution in [0.5, 0.6) is 11.8 Å². The zero-order valence-corrected chi connectivity index (χ0v) is 16.7. The fraction of sp³-hybridized carbons (Fsp3) is 0.353. The van der Waals surface area contributed by atoms with Crippen molar-refractivity contribution in [2.75, 3.05) is 19.5 Å². The number of methoxy groups -OCH3 is 2. The number of halogens is 1. The lowest BCUT2D eigenvalue weighted by Gasteiger charge is -2.18. The summed E-state index contributed by atoms with van der Waals surface area (Å²) in [5.74, 6) is -0.105. The molecule has 1 aromatic carbocycles. The Morgan fingerprint density at radius 1 is 1.21 bits per heavy atom. The van der Waals surface area contributed by atoms with Crippen molar-refractivity contribution in [3.8, 4) is 11.8 Å². The van der Waals surface area contributed by atoms with Crippen LogP contribution in [0, 0.1) is 0 Å². The fourth-order valence-electron chi connectivity index (χ4n) is 2.36. The van der Waals surface area contributed by atoms with Gasteiger partial charge in [0, 0.05) is 5.56 Å². The number of benzene rings is 1. The number of anilines is 1. The minimum absolute atomic E-state index is 0.0154. The first-order valence-corrected chi connectivity index (χ1v) is 9.92. The van der Waals surface area contributed by atoms with Gasteiger partial charge in [-0.2, -0.15) is 9.97 Å². The molecule has 2 atom stereocenters. The Morgan fingerprint density at radius 2 is 1.79 bits per heavy atom. The third kappa shape index (κ3) is 5.51. The molecule has 1 aromatic heterocycles. The number of carbonyl (C=O) groups is 1. The molecular weight excluding hydrogens is 407 g/mol. The Labute approximate surface area is 167 Å². The van der Waals surface area contributed by atoms with Crippen molar-refractivity contribution in [2.45, 2.75) is 30.5 Å². The van der Waals surface area contributed by atoms with E-state index in [1.807, 2.05) is 0 Å². The Balaban J connectivity index is 2.25. The number of nitrogens with one attached hydrogen (secondary N) is 2. The van der Waals surface area contributed by atoms with Crippen LogP contribution in [-0.2, 0) is 10.0 Å². The van der Waals surface area contributed by atoms with Crippen LogP contribution in [0.25, 0.3) is 0 Å². The van der Waals surface area contributed by atoms with Crippen LogP contribution >= 0.6 is 0 Å². The standard InChI is InChI=1S/C17H21FN4O6S/c1-4-11(18)15(23)10-7-5-6-8-12(10)29(25,26)22-17(24)21-16-19-13(27-2)9-14(20-16)28-3/h5-9,11,15,23H,4H2,1-3H3,(H2,19,20,21,22,24). The molecule has 2 aromatic rings. The van der Waals surface area contributed by atoms with Crippen LogP contribution in [0.4, 0.5) is 15.1 Å². The van der Waals surface area contributed by atoms with Gasteiger partial charge in [-0.25, -0.2) is 22.3 Å². The molecule has 0 aliphatic carbocycles. The van der Waals surface area contributed by atoms with Crippen molar-refractivity contribution in [3.63, 3.8) is 0 Å². The van der Waals surface area contributed by atoms with Crippen molar-refractivity contribution in [3.05, 3.63) is 35.9 Å². The van der Waals surface area contributed by atoms with Crippen molar-refractivity contribution in [1.29, 1.82) is 0 Å². The smallest absolute Gasteiger partial charge is 0.335 e. The molecule has 158 valence electrons. The minimum Gasteiger partial charge on any atom is -0.481 e. The number of sulfonamides is 1. The molecule has 29 heavy (non-hydrogen) atoms. The summed E-state index contributed by atoms with van der Waals surface area (Å²) in [5, 5.41) is 12.3. The molecule has 0 radical (unpaired) electrons. The number of nitrogens with zero attached hydrogens (tertiary/aromatic N) is 2. The predicted molar refractivity (Wildman–Crippen MR) is 101 cm³/mol. The zero-order valence-electron chi connectivity index (χ0n) is 15.9. The first-order chi connectivity index (χ1) is 13.7. The van der Waals surface area contributed by atoms with E-state index in [0.717, 1.165) is 6.07 Å². The summed E-state index contributed by atoms with van der Waals surface area (Å²) in [5.41, 5.74) is -0.165. The molecule has 1 heterocycles. The van der Waals surface area contributed by atoms with E-state index >= 15 is 0 Å². The Kier molecular flexibility index (Phi) is 7.29. The van der Waals surface area contributed by atoms with Gasteiger partial charge in [0.15, 0.2) is 0 Å². The van der Waals surface area contributed by atoms with Gasteiger partial charge >= 0.3 is 6.03 Å². The molecule has 0 saturated heterocycles. The van der Waals surface area contributed by atoms with Crippen LogP contribution in [0.2, 0.25) is 0 Å². The normalized spacial score (nSPS) is 13.3. The van der Waals surface area contributed by atoms with Crippen molar-refractivity contribution in [2.24, 2.45) is 0 Å². The van der Waals surface area contributed by atoms with E-state index < -0.39 is 33.2 Å². The number of ether oxygens (including phenoxy) is 2. The summed E-state index contributed by atoms with van der Waals surface area (Å²) >= 11 is 0. The highest BCUT2D eigenvalue weighted by molar-refractivity contribution is 7.90. The topological polar surface area (TPSA) is 140 Å². The highest BCUT2D eigenvalue weighted by Crippen LogP contribution is 2.27. The number of urea groups is 1. The van der Waals surface area contributed by atoms with Gasteiger partial charge in [-0.1, -0.05) is 25.1 Å². The van der Waals surface area contributed by atoms with E-state index in [-0.39, 0.29) is 29.7 Å². The predicted octanol–water partition coefficient (Wildman–Crippen LogP) is 1.79. The first-order valence-electron chi connectivity index (χ1n) is 8.43. The van der Waals surface area contributed by atoms with Gasteiger partial charge in [0.1, 0.15) is 12.3 Å². The number of alkyl halides is 1. The number of amides is 2. The number of aliphatic hydroxyl groups is 1. The maximum atomic E-state index is 13.9. The highest BCUT2D eigenvalue weighted by atomic mass is 32.2. The first kappa shape index (κ1) is 22.3. The highest BCUT2D eigenvalue weighted by Gasteiger charge is 2.28. The Hall–Kier alpha value is -2.99. The molecule has 2 unspecified atom stereocenters. The molecule has 0 spiro atoms. The van der Waals surface area contributed by atoms with Crippen LogP contribution in [0.15, 0.2) is 35.2 Å². The van der Waals surface area contributed by atoms with Crippen molar-refractivity contribution >= 4 is 22.0 Å². The summed E-state index contributed by atoms with van der Waals surface area (Å²) in [6.07, 6.45) is -3.35. The van der Waals surface area contributed by atoms with Crippen molar-refractivity contribution < 1.29 is 32.2 Å². The van der Waals surface area contributed by atoms with Crippen LogP contribution in [0.1, 0.15) is 25.0 Å². The molecule has 0 fully saturated rings. The third-order valence-corrected chi connectivity index (χ3v) is 5.21. The Morgan fingerprint density at radius 3 is 2.34 bits per heavy atom. The lowest BCUT2D eigenvalue weighted by molar-refractivity contribution is 0.0732. The van der Waals surface area contributed by atoms with E-state index in [1.165, 1.54) is 45.4 Å². The summed E-state index contributed by atoms with van der Waals surface area (Å²) in [6.45, 7) is 1.51. The quantitative estimate of drug-likeness (QED) is 0.578. The number of hydrogen-bond donors (Lipinski definition) is 3. The van der Waals surface area contributed by atoms with Gasteiger partial charge in [0.25, 0.3) is 10.0 Å². The fourth-order valence-corrected chi connectivity index (χ4v) is 3.52. The number of aliphatic hydroxyl groups excluding tert-OH is 1. The number of rotatable bonds is 8. The maximum absolute atomic E-state index is 13.9. The van der Waals surface area contributed by atoms with E-state index in [4.69, 9.17) is 9.47 Å². The van der Waals surface area contributed by atoms with Gasteiger partial charge in [-0.05, 0) is 12.5 Å². The van der Waals surface area contributed by atoms with E-state index in [2.05, 4.69) is 15.3 Å². The zero-order chi connectivity index (χ0) is 21.6. The monoisotopic (exact) mass is 428 g/mol. The van der Waals surface area contributed by atoms with Gasteiger partial charge in [0.2, 0.25) is 17.7 Å². The molecule has 2 rings (SSSR count). The Bertz CT molecular complexity index is 950. The number of aromatic nitrogens is 2. The van der Waals surface area contributed by atoms with E-state index in [9.17, 15) is 22.7 Å². The summed E-state index contributed by atoms with van der Waals surface area (Å²) < 4.78 is 50.8. The molecule has 2 amide bonds. The third-order valence-electron chi connectivity index (χ3n) is 3.81. The second kappa shape index (κ2) is 9.47. The molecule has 3 N–H and O–H groups in total. The largest absolute Gasteiger partial charge is 0.481 e. The summed E-state index contributed by atoms with van der Waals surface area (Å²) in [7, 11) is -1.76. The second-order valence-electron chi connectivity index (χ2n) is 5.74. The lowest BCUT2D eigenvalue weighted by atomic mass is 10.0. The molecule has 0 aliphatic rings. The average Bonchev–Trinajstić information content (AvgIpc) is 2.71. The van der Waals surface area contributed by atoms with Gasteiger partial charge in [-0.3, -0.25) is 5.32 Å². The average molecular weight is 428 g/mol. The van der Waals surface area contributed by atoms with Crippen LogP contribution in [0.3, 0.4) is 0 Å². The van der Waals surface area contributed by atoms with Crippen LogP contribution in [-0.4, -0.2) is 49.9 Å². The summed E-state index contributed by atoms with van der Waals surface area (Å²) in [4.78, 5) is 19.5. The van der Waals surface area contributed by atoms with Gasteiger partial charge in [-0.15, -0.1) is 0 Å². The molecule has 10 nitrogen and oxygen atoms in total. The molecule has 12 heteroatoms. The van der Waals surface area contributed by atoms with E-state index in [0.29, 0.717) is 0 Å². The summed E-state index contributed by atoms with van der Waals surface area (Å²) in [6, 6.07) is 5.46. The van der Waals surface area contributed by atoms with E-state index in [1.54, 1.807) is 4.72 Å². The lowest BCUT2D eigenvalue weighted by Crippen LogP contribution is -2.35. The molecular formula is C17H21FN4O6S. The number of carbonyl (C=O) groups excluding carboxylic acids is 1. The maximum Gasteiger partial charge on any atom is 0.335 e. The molecule has 0 aliphatic heterocycles. The number of hydrogen-bond acceptors (Lipinski definition) is 8. The second-order valence-corrected chi connectivity index (χ2v) is 7.39.